The standard InChI is InChI=1S/C27H30ClN3O4/c1-16-12-13-19-23(22(16)25(33)29-2)27(35)31(18(15-32)14-17-8-4-3-5-9-17)24(19)26(34)30-21-11-7-6-10-20(21)28/h3-13,16,18-19,22-24,32H,14-15H2,1-2H3,(H,29,33)(H,30,34)/t16-,18-,19+,22-,23+,24+/m1/s1. The predicted octanol–water partition coefficient (Wildman–Crippen LogP) is 2.89. The summed E-state index contributed by atoms with van der Waals surface area (Å²) < 4.78 is 0. The van der Waals surface area contributed by atoms with Crippen LogP contribution in [-0.2, 0) is 20.8 Å². The Labute approximate surface area is 210 Å². The molecule has 0 spiro atoms. The second kappa shape index (κ2) is 10.6. The Morgan fingerprint density at radius 1 is 1.06 bits per heavy atom. The fourth-order valence-electron chi connectivity index (χ4n) is 5.41. The number of nitrogens with zero attached hydrogens (tertiary/aromatic N) is 1. The van der Waals surface area contributed by atoms with Gasteiger partial charge >= 0.3 is 0 Å². The van der Waals surface area contributed by atoms with Crippen LogP contribution in [0.2, 0.25) is 5.02 Å². The molecule has 1 heterocycles. The lowest BCUT2D eigenvalue weighted by atomic mass is 9.70. The number of amides is 3. The van der Waals surface area contributed by atoms with Crippen molar-refractivity contribution in [1.82, 2.24) is 10.2 Å². The van der Waals surface area contributed by atoms with E-state index in [1.54, 1.807) is 31.3 Å². The van der Waals surface area contributed by atoms with Gasteiger partial charge in [-0.1, -0.05) is 73.1 Å². The molecule has 2 aromatic carbocycles. The van der Waals surface area contributed by atoms with E-state index in [2.05, 4.69) is 10.6 Å². The number of allylic oxidation sites excluding steroid dienone is 1. The Morgan fingerprint density at radius 2 is 1.74 bits per heavy atom. The van der Waals surface area contributed by atoms with Crippen LogP contribution in [0.25, 0.3) is 0 Å². The van der Waals surface area contributed by atoms with Gasteiger partial charge in [0.2, 0.25) is 17.7 Å². The first-order valence-electron chi connectivity index (χ1n) is 11.8. The number of likely N-dealkylation sites (tertiary alicyclic amines) is 1. The van der Waals surface area contributed by atoms with E-state index >= 15 is 0 Å². The smallest absolute Gasteiger partial charge is 0.247 e. The first kappa shape index (κ1) is 24.9. The molecule has 0 radical (unpaired) electrons. The predicted molar refractivity (Wildman–Crippen MR) is 135 cm³/mol. The Balaban J connectivity index is 1.74. The highest BCUT2D eigenvalue weighted by molar-refractivity contribution is 6.33. The van der Waals surface area contributed by atoms with Crippen LogP contribution in [0.15, 0.2) is 66.7 Å². The second-order valence-electron chi connectivity index (χ2n) is 9.17. The Kier molecular flexibility index (Phi) is 7.57. The molecule has 6 atom stereocenters. The molecule has 2 aliphatic rings. The molecule has 2 aromatic rings. The highest BCUT2D eigenvalue weighted by Crippen LogP contribution is 2.45. The molecule has 0 bridgehead atoms. The number of anilines is 1. The van der Waals surface area contributed by atoms with E-state index in [0.717, 1.165) is 5.56 Å². The van der Waals surface area contributed by atoms with Gasteiger partial charge in [0.15, 0.2) is 0 Å². The SMILES string of the molecule is CNC(=O)[C@H]1[C@H]2C(=O)N([C@@H](CO)Cc3ccccc3)[C@H](C(=O)Nc3ccccc3Cl)[C@H]2C=C[C@H]1C. The molecule has 35 heavy (non-hydrogen) atoms. The van der Waals surface area contributed by atoms with Crippen molar-refractivity contribution in [2.24, 2.45) is 23.7 Å². The van der Waals surface area contributed by atoms with Gasteiger partial charge in [-0.3, -0.25) is 14.4 Å². The zero-order valence-electron chi connectivity index (χ0n) is 19.7. The number of aliphatic hydroxyl groups is 1. The average molecular weight is 496 g/mol. The minimum atomic E-state index is -0.902. The topological polar surface area (TPSA) is 98.7 Å². The van der Waals surface area contributed by atoms with Crippen molar-refractivity contribution in [3.63, 3.8) is 0 Å². The quantitative estimate of drug-likeness (QED) is 0.514. The molecule has 0 aromatic heterocycles. The lowest BCUT2D eigenvalue weighted by Crippen LogP contribution is -2.51. The number of nitrogens with one attached hydrogen (secondary N) is 2. The zero-order chi connectivity index (χ0) is 25.1. The van der Waals surface area contributed by atoms with Crippen molar-refractivity contribution in [2.75, 3.05) is 19.0 Å². The van der Waals surface area contributed by atoms with E-state index in [9.17, 15) is 19.5 Å². The molecule has 0 unspecified atom stereocenters. The number of carbonyl (C=O) groups excluding carboxylic acids is 3. The maximum Gasteiger partial charge on any atom is 0.247 e. The molecular formula is C27H30ClN3O4. The van der Waals surface area contributed by atoms with Crippen LogP contribution < -0.4 is 10.6 Å². The van der Waals surface area contributed by atoms with Crippen molar-refractivity contribution < 1.29 is 19.5 Å². The van der Waals surface area contributed by atoms with Gasteiger partial charge in [-0.05, 0) is 30.0 Å². The second-order valence-corrected chi connectivity index (χ2v) is 9.58. The first-order valence-corrected chi connectivity index (χ1v) is 12.2. The average Bonchev–Trinajstić information content (AvgIpc) is 3.16. The van der Waals surface area contributed by atoms with Crippen molar-refractivity contribution in [1.29, 1.82) is 0 Å². The highest BCUT2D eigenvalue weighted by Gasteiger charge is 2.58. The number of carbonyl (C=O) groups is 3. The molecule has 3 amide bonds. The van der Waals surface area contributed by atoms with Gasteiger partial charge in [-0.25, -0.2) is 0 Å². The number of hydrogen-bond acceptors (Lipinski definition) is 4. The lowest BCUT2D eigenvalue weighted by molar-refractivity contribution is -0.142. The normalized spacial score (nSPS) is 26.2. The van der Waals surface area contributed by atoms with Crippen LogP contribution in [0, 0.1) is 23.7 Å². The number of benzene rings is 2. The minimum absolute atomic E-state index is 0.172. The maximum atomic E-state index is 13.9. The summed E-state index contributed by atoms with van der Waals surface area (Å²) >= 11 is 6.28. The number of halogens is 1. The molecule has 8 heteroatoms. The molecule has 1 saturated heterocycles. The molecule has 1 fully saturated rings. The summed E-state index contributed by atoms with van der Waals surface area (Å²) in [5.74, 6) is -2.95. The molecule has 4 rings (SSSR count). The molecule has 184 valence electrons. The number of para-hydroxylation sites is 1. The van der Waals surface area contributed by atoms with Gasteiger partial charge in [0, 0.05) is 13.0 Å². The van der Waals surface area contributed by atoms with Crippen molar-refractivity contribution >= 4 is 35.0 Å². The van der Waals surface area contributed by atoms with Gasteiger partial charge in [0.1, 0.15) is 6.04 Å². The van der Waals surface area contributed by atoms with Crippen molar-refractivity contribution in [2.45, 2.75) is 25.4 Å². The van der Waals surface area contributed by atoms with Gasteiger partial charge in [-0.15, -0.1) is 0 Å². The van der Waals surface area contributed by atoms with Crippen LogP contribution >= 0.6 is 11.6 Å². The largest absolute Gasteiger partial charge is 0.394 e. The summed E-state index contributed by atoms with van der Waals surface area (Å²) in [5, 5.41) is 16.3. The summed E-state index contributed by atoms with van der Waals surface area (Å²) in [6.45, 7) is 1.58. The van der Waals surface area contributed by atoms with E-state index < -0.39 is 35.7 Å². The van der Waals surface area contributed by atoms with E-state index in [1.807, 2.05) is 49.4 Å². The molecule has 1 aliphatic heterocycles. The van der Waals surface area contributed by atoms with E-state index in [0.29, 0.717) is 17.1 Å². The Bertz CT molecular complexity index is 1120. The van der Waals surface area contributed by atoms with Gasteiger partial charge in [-0.2, -0.15) is 0 Å². The molecule has 7 nitrogen and oxygen atoms in total. The third kappa shape index (κ3) is 4.83. The molecular weight excluding hydrogens is 466 g/mol. The molecule has 1 aliphatic carbocycles. The summed E-state index contributed by atoms with van der Waals surface area (Å²) in [7, 11) is 1.55. The number of aliphatic hydroxyl groups excluding tert-OH is 1. The maximum absolute atomic E-state index is 13.9. The fourth-order valence-corrected chi connectivity index (χ4v) is 5.59. The van der Waals surface area contributed by atoms with E-state index in [4.69, 9.17) is 11.6 Å². The van der Waals surface area contributed by atoms with Gasteiger partial charge < -0.3 is 20.6 Å². The first-order chi connectivity index (χ1) is 16.9. The van der Waals surface area contributed by atoms with Crippen LogP contribution in [0.3, 0.4) is 0 Å². The highest BCUT2D eigenvalue weighted by atomic mass is 35.5. The lowest BCUT2D eigenvalue weighted by Gasteiger charge is -2.33. The van der Waals surface area contributed by atoms with Crippen LogP contribution in [0.5, 0.6) is 0 Å². The van der Waals surface area contributed by atoms with E-state index in [-0.39, 0.29) is 24.3 Å². The summed E-state index contributed by atoms with van der Waals surface area (Å²) in [5.41, 5.74) is 1.38. The van der Waals surface area contributed by atoms with Crippen molar-refractivity contribution in [3.05, 3.63) is 77.3 Å². The van der Waals surface area contributed by atoms with Gasteiger partial charge in [0.05, 0.1) is 35.2 Å². The van der Waals surface area contributed by atoms with Crippen LogP contribution in [0.1, 0.15) is 12.5 Å². The Hall–Kier alpha value is -3.16. The number of hydrogen-bond donors (Lipinski definition) is 3. The number of fused-ring (bicyclic) bond motifs is 1. The summed E-state index contributed by atoms with van der Waals surface area (Å²) in [6.07, 6.45) is 4.15. The number of rotatable bonds is 7. The zero-order valence-corrected chi connectivity index (χ0v) is 20.5. The fraction of sp³-hybridized carbons (Fsp3) is 0.370. The Morgan fingerprint density at radius 3 is 2.40 bits per heavy atom. The monoisotopic (exact) mass is 495 g/mol. The molecule has 3 N–H and O–H groups in total. The molecule has 0 saturated carbocycles. The summed E-state index contributed by atoms with van der Waals surface area (Å²) in [4.78, 5) is 42.0. The van der Waals surface area contributed by atoms with E-state index in [1.165, 1.54) is 4.90 Å². The van der Waals surface area contributed by atoms with Gasteiger partial charge in [0.25, 0.3) is 0 Å². The van der Waals surface area contributed by atoms with Crippen LogP contribution in [0.4, 0.5) is 5.69 Å². The summed E-state index contributed by atoms with van der Waals surface area (Å²) in [6, 6.07) is 14.9. The third-order valence-electron chi connectivity index (χ3n) is 7.08. The van der Waals surface area contributed by atoms with Crippen molar-refractivity contribution in [3.8, 4) is 0 Å². The third-order valence-corrected chi connectivity index (χ3v) is 7.41. The van der Waals surface area contributed by atoms with Crippen LogP contribution in [-0.4, -0.2) is 53.5 Å². The minimum Gasteiger partial charge on any atom is -0.394 e.